The summed E-state index contributed by atoms with van der Waals surface area (Å²) in [5.41, 5.74) is 10.9. The number of hydrogen-bond donors (Lipinski definition) is 2. The largest absolute Gasteiger partial charge is 0.383 e. The molecule has 0 saturated carbocycles. The lowest BCUT2D eigenvalue weighted by Gasteiger charge is -2.10. The van der Waals surface area contributed by atoms with E-state index in [-0.39, 0.29) is 28.9 Å². The quantitative estimate of drug-likeness (QED) is 0.685. The lowest BCUT2D eigenvalue weighted by Crippen LogP contribution is -2.17. The molecule has 1 amide bonds. The first kappa shape index (κ1) is 10.9. The van der Waals surface area contributed by atoms with Crippen molar-refractivity contribution in [3.8, 4) is 0 Å². The van der Waals surface area contributed by atoms with Crippen LogP contribution in [0.15, 0.2) is 6.20 Å². The number of nitrogens with two attached hydrogens (primary N) is 2. The lowest BCUT2D eigenvalue weighted by atomic mass is 10.2. The molecule has 0 spiro atoms. The van der Waals surface area contributed by atoms with Crippen LogP contribution in [0.25, 0.3) is 0 Å². The van der Waals surface area contributed by atoms with Crippen molar-refractivity contribution in [2.45, 2.75) is 12.5 Å². The van der Waals surface area contributed by atoms with Crippen LogP contribution >= 0.6 is 0 Å². The van der Waals surface area contributed by atoms with Gasteiger partial charge in [-0.1, -0.05) is 0 Å². The molecule has 0 aromatic carbocycles. The summed E-state index contributed by atoms with van der Waals surface area (Å²) in [5, 5.41) is 3.91. The molecule has 1 fully saturated rings. The molecule has 2 rings (SSSR count). The molecule has 1 aliphatic heterocycles. The third-order valence-electron chi connectivity index (χ3n) is 2.65. The Morgan fingerprint density at radius 2 is 2.25 bits per heavy atom. The fraction of sp³-hybridized carbons (Fsp3) is 0.500. The molecule has 2 heterocycles. The minimum absolute atomic E-state index is 0.0110. The van der Waals surface area contributed by atoms with Gasteiger partial charge in [-0.2, -0.15) is 5.10 Å². The summed E-state index contributed by atoms with van der Waals surface area (Å²) in [6, 6.07) is -0.293. The van der Waals surface area contributed by atoms with Crippen LogP contribution in [0.1, 0.15) is 22.8 Å². The van der Waals surface area contributed by atoms with Gasteiger partial charge in [0, 0.05) is 0 Å². The zero-order valence-electron chi connectivity index (χ0n) is 8.46. The molecule has 16 heavy (non-hydrogen) atoms. The van der Waals surface area contributed by atoms with Crippen LogP contribution in [0.4, 0.5) is 5.82 Å². The molecule has 8 heteroatoms. The number of primary amides is 1. The summed E-state index contributed by atoms with van der Waals surface area (Å²) < 4.78 is 24.0. The number of nitrogens with zero attached hydrogens (tertiary/aromatic N) is 2. The van der Waals surface area contributed by atoms with E-state index in [9.17, 15) is 13.2 Å². The molecule has 1 atom stereocenters. The maximum atomic E-state index is 11.3. The van der Waals surface area contributed by atoms with Gasteiger partial charge in [-0.3, -0.25) is 4.79 Å². The maximum absolute atomic E-state index is 11.3. The van der Waals surface area contributed by atoms with E-state index >= 15 is 0 Å². The van der Waals surface area contributed by atoms with Crippen molar-refractivity contribution in [3.63, 3.8) is 0 Å². The van der Waals surface area contributed by atoms with Gasteiger partial charge in [0.2, 0.25) is 0 Å². The number of hydrogen-bond acceptors (Lipinski definition) is 5. The number of carbonyl (C=O) groups excluding carboxylic acids is 1. The van der Waals surface area contributed by atoms with E-state index in [1.165, 1.54) is 10.9 Å². The number of carbonyl (C=O) groups is 1. The molecule has 7 nitrogen and oxygen atoms in total. The van der Waals surface area contributed by atoms with E-state index < -0.39 is 15.7 Å². The highest BCUT2D eigenvalue weighted by atomic mass is 32.2. The van der Waals surface area contributed by atoms with Crippen molar-refractivity contribution in [1.82, 2.24) is 9.78 Å². The van der Waals surface area contributed by atoms with Crippen molar-refractivity contribution in [2.24, 2.45) is 5.73 Å². The maximum Gasteiger partial charge on any atom is 0.254 e. The third-order valence-corrected chi connectivity index (χ3v) is 4.40. The number of aromatic nitrogens is 2. The molecule has 0 aliphatic carbocycles. The fourth-order valence-electron chi connectivity index (χ4n) is 1.82. The van der Waals surface area contributed by atoms with Crippen molar-refractivity contribution in [2.75, 3.05) is 17.2 Å². The lowest BCUT2D eigenvalue weighted by molar-refractivity contribution is 0.100. The standard InChI is InChI=1S/C8H12N4O3S/c9-7-6(8(10)13)3-11-12(7)5-1-2-16(14,15)4-5/h3,5H,1-2,4,9H2,(H2,10,13). The summed E-state index contributed by atoms with van der Waals surface area (Å²) in [4.78, 5) is 10.9. The summed E-state index contributed by atoms with van der Waals surface area (Å²) in [6.07, 6.45) is 1.73. The van der Waals surface area contributed by atoms with E-state index in [4.69, 9.17) is 11.5 Å². The van der Waals surface area contributed by atoms with E-state index in [2.05, 4.69) is 5.10 Å². The second-order valence-electron chi connectivity index (χ2n) is 3.81. The summed E-state index contributed by atoms with van der Waals surface area (Å²) in [5.74, 6) is -0.390. The van der Waals surface area contributed by atoms with Crippen LogP contribution in [0.5, 0.6) is 0 Å². The predicted octanol–water partition coefficient (Wildman–Crippen LogP) is -1.08. The Morgan fingerprint density at radius 3 is 2.69 bits per heavy atom. The van der Waals surface area contributed by atoms with Gasteiger partial charge in [-0.25, -0.2) is 13.1 Å². The van der Waals surface area contributed by atoms with Gasteiger partial charge in [-0.05, 0) is 6.42 Å². The topological polar surface area (TPSA) is 121 Å². The average Bonchev–Trinajstić information content (AvgIpc) is 2.69. The van der Waals surface area contributed by atoms with Gasteiger partial charge in [0.15, 0.2) is 9.84 Å². The number of amides is 1. The Morgan fingerprint density at radius 1 is 1.56 bits per heavy atom. The Hall–Kier alpha value is -1.57. The monoisotopic (exact) mass is 244 g/mol. The van der Waals surface area contributed by atoms with Gasteiger partial charge in [-0.15, -0.1) is 0 Å². The minimum atomic E-state index is -3.00. The van der Waals surface area contributed by atoms with E-state index in [1.807, 2.05) is 0 Å². The number of sulfone groups is 1. The highest BCUT2D eigenvalue weighted by Crippen LogP contribution is 2.26. The molecule has 1 unspecified atom stereocenters. The summed E-state index contributed by atoms with van der Waals surface area (Å²) >= 11 is 0. The van der Waals surface area contributed by atoms with E-state index in [1.54, 1.807) is 0 Å². The molecule has 1 aromatic heterocycles. The predicted molar refractivity (Wildman–Crippen MR) is 57.5 cm³/mol. The summed E-state index contributed by atoms with van der Waals surface area (Å²) in [7, 11) is -3.00. The fourth-order valence-corrected chi connectivity index (χ4v) is 3.51. The van der Waals surface area contributed by atoms with Crippen LogP contribution in [-0.4, -0.2) is 35.6 Å². The second-order valence-corrected chi connectivity index (χ2v) is 6.04. The summed E-state index contributed by atoms with van der Waals surface area (Å²) in [6.45, 7) is 0. The first-order chi connectivity index (χ1) is 7.41. The number of nitrogen functional groups attached to an aromatic ring is 1. The first-order valence-electron chi connectivity index (χ1n) is 4.74. The molecular weight excluding hydrogens is 232 g/mol. The smallest absolute Gasteiger partial charge is 0.254 e. The Labute approximate surface area is 92.3 Å². The number of rotatable bonds is 2. The SMILES string of the molecule is NC(=O)c1cnn(C2CCS(=O)(=O)C2)c1N. The molecule has 1 aromatic rings. The highest BCUT2D eigenvalue weighted by Gasteiger charge is 2.31. The molecule has 1 saturated heterocycles. The minimum Gasteiger partial charge on any atom is -0.383 e. The van der Waals surface area contributed by atoms with Gasteiger partial charge in [0.1, 0.15) is 11.4 Å². The van der Waals surface area contributed by atoms with Crippen molar-refractivity contribution in [1.29, 1.82) is 0 Å². The molecule has 88 valence electrons. The van der Waals surface area contributed by atoms with Crippen molar-refractivity contribution in [3.05, 3.63) is 11.8 Å². The Balaban J connectivity index is 2.33. The second kappa shape index (κ2) is 3.48. The van der Waals surface area contributed by atoms with Gasteiger partial charge in [0.25, 0.3) is 5.91 Å². The van der Waals surface area contributed by atoms with Gasteiger partial charge in [0.05, 0.1) is 23.7 Å². The van der Waals surface area contributed by atoms with Crippen molar-refractivity contribution >= 4 is 21.6 Å². The molecule has 1 aliphatic rings. The van der Waals surface area contributed by atoms with Gasteiger partial charge >= 0.3 is 0 Å². The average molecular weight is 244 g/mol. The Kier molecular flexibility index (Phi) is 2.38. The molecule has 0 radical (unpaired) electrons. The molecular formula is C8H12N4O3S. The highest BCUT2D eigenvalue weighted by molar-refractivity contribution is 7.91. The van der Waals surface area contributed by atoms with E-state index in [0.717, 1.165) is 0 Å². The van der Waals surface area contributed by atoms with Crippen LogP contribution in [-0.2, 0) is 9.84 Å². The first-order valence-corrected chi connectivity index (χ1v) is 6.56. The normalized spacial score (nSPS) is 23.4. The van der Waals surface area contributed by atoms with Gasteiger partial charge < -0.3 is 11.5 Å². The molecule has 4 N–H and O–H groups in total. The third kappa shape index (κ3) is 1.75. The van der Waals surface area contributed by atoms with Crippen LogP contribution < -0.4 is 11.5 Å². The van der Waals surface area contributed by atoms with Crippen LogP contribution in [0, 0.1) is 0 Å². The number of anilines is 1. The van der Waals surface area contributed by atoms with Crippen LogP contribution in [0.2, 0.25) is 0 Å². The van der Waals surface area contributed by atoms with Crippen LogP contribution in [0.3, 0.4) is 0 Å². The van der Waals surface area contributed by atoms with Crippen molar-refractivity contribution < 1.29 is 13.2 Å². The zero-order chi connectivity index (χ0) is 11.9. The Bertz CT molecular complexity index is 533. The molecule has 0 bridgehead atoms. The van der Waals surface area contributed by atoms with E-state index in [0.29, 0.717) is 6.42 Å². The zero-order valence-corrected chi connectivity index (χ0v) is 9.27.